The van der Waals surface area contributed by atoms with E-state index in [1.807, 2.05) is 0 Å². The zero-order chi connectivity index (χ0) is 22.2. The van der Waals surface area contributed by atoms with Gasteiger partial charge in [-0.15, -0.1) is 5.10 Å². The molecule has 1 aromatic carbocycles. The van der Waals surface area contributed by atoms with Gasteiger partial charge in [0.15, 0.2) is 17.4 Å². The van der Waals surface area contributed by atoms with Gasteiger partial charge in [-0.05, 0) is 24.6 Å². The molecule has 11 nitrogen and oxygen atoms in total. The van der Waals surface area contributed by atoms with Crippen LogP contribution in [-0.4, -0.2) is 63.3 Å². The van der Waals surface area contributed by atoms with Gasteiger partial charge in [0.25, 0.3) is 17.7 Å². The number of benzene rings is 1. The fourth-order valence-electron chi connectivity index (χ4n) is 3.38. The van der Waals surface area contributed by atoms with Crippen LogP contribution in [0.3, 0.4) is 0 Å². The lowest BCUT2D eigenvalue weighted by Crippen LogP contribution is -2.45. The SMILES string of the molecule is COC(=O)C1C(n2nnc(C(N)=O)c2C(N)=O)CCN1C(=O)c1ccc(F)c(Cl)c1. The Morgan fingerprint density at radius 1 is 1.23 bits per heavy atom. The topological polar surface area (TPSA) is 164 Å². The molecule has 0 spiro atoms. The van der Waals surface area contributed by atoms with E-state index in [4.69, 9.17) is 27.8 Å². The van der Waals surface area contributed by atoms with Crippen LogP contribution in [0.15, 0.2) is 18.2 Å². The minimum absolute atomic E-state index is 0.0440. The number of hydrogen-bond acceptors (Lipinski definition) is 7. The fourth-order valence-corrected chi connectivity index (χ4v) is 3.56. The van der Waals surface area contributed by atoms with E-state index < -0.39 is 47.3 Å². The van der Waals surface area contributed by atoms with Crippen LogP contribution in [-0.2, 0) is 9.53 Å². The summed E-state index contributed by atoms with van der Waals surface area (Å²) in [4.78, 5) is 50.1. The molecule has 0 aliphatic carbocycles. The number of carbonyl (C=O) groups excluding carboxylic acids is 4. The second-order valence-electron chi connectivity index (χ2n) is 6.41. The number of methoxy groups -OCH3 is 1. The molecule has 1 aliphatic heterocycles. The predicted molar refractivity (Wildman–Crippen MR) is 99.0 cm³/mol. The monoisotopic (exact) mass is 438 g/mol. The first-order valence-corrected chi connectivity index (χ1v) is 8.93. The van der Waals surface area contributed by atoms with E-state index >= 15 is 0 Å². The highest BCUT2D eigenvalue weighted by Gasteiger charge is 2.46. The lowest BCUT2D eigenvalue weighted by molar-refractivity contribution is -0.146. The Morgan fingerprint density at radius 2 is 1.93 bits per heavy atom. The zero-order valence-electron chi connectivity index (χ0n) is 15.5. The van der Waals surface area contributed by atoms with Crippen LogP contribution in [0, 0.1) is 5.82 Å². The van der Waals surface area contributed by atoms with Gasteiger partial charge in [0.1, 0.15) is 5.82 Å². The van der Waals surface area contributed by atoms with Crippen molar-refractivity contribution in [1.29, 1.82) is 0 Å². The van der Waals surface area contributed by atoms with Crippen molar-refractivity contribution >= 4 is 35.3 Å². The van der Waals surface area contributed by atoms with Gasteiger partial charge in [-0.3, -0.25) is 14.4 Å². The van der Waals surface area contributed by atoms with Crippen LogP contribution in [0.4, 0.5) is 4.39 Å². The average Bonchev–Trinajstić information content (AvgIpc) is 3.33. The van der Waals surface area contributed by atoms with Gasteiger partial charge in [-0.2, -0.15) is 0 Å². The van der Waals surface area contributed by atoms with E-state index in [-0.39, 0.29) is 29.2 Å². The molecule has 2 aromatic rings. The second-order valence-corrected chi connectivity index (χ2v) is 6.82. The molecular weight excluding hydrogens is 423 g/mol. The molecular formula is C17H16ClFN6O5. The van der Waals surface area contributed by atoms with Crippen LogP contribution in [0.2, 0.25) is 5.02 Å². The minimum Gasteiger partial charge on any atom is -0.467 e. The number of nitrogens with two attached hydrogens (primary N) is 2. The van der Waals surface area contributed by atoms with Gasteiger partial charge in [-0.25, -0.2) is 13.9 Å². The number of nitrogens with zero attached hydrogens (tertiary/aromatic N) is 4. The van der Waals surface area contributed by atoms with Crippen molar-refractivity contribution in [2.75, 3.05) is 13.7 Å². The third-order valence-corrected chi connectivity index (χ3v) is 5.00. The molecule has 1 aliphatic rings. The lowest BCUT2D eigenvalue weighted by Gasteiger charge is -2.26. The summed E-state index contributed by atoms with van der Waals surface area (Å²) in [5.74, 6) is -4.19. The van der Waals surface area contributed by atoms with Crippen molar-refractivity contribution < 1.29 is 28.3 Å². The lowest BCUT2D eigenvalue weighted by atomic mass is 10.1. The van der Waals surface area contributed by atoms with Crippen LogP contribution in [0.25, 0.3) is 0 Å². The number of likely N-dealkylation sites (tertiary alicyclic amines) is 1. The largest absolute Gasteiger partial charge is 0.467 e. The van der Waals surface area contributed by atoms with Crippen molar-refractivity contribution in [3.8, 4) is 0 Å². The summed E-state index contributed by atoms with van der Waals surface area (Å²) in [5.41, 5.74) is 9.74. The summed E-state index contributed by atoms with van der Waals surface area (Å²) in [5, 5.41) is 7.06. The molecule has 2 atom stereocenters. The van der Waals surface area contributed by atoms with Gasteiger partial charge in [0, 0.05) is 12.1 Å². The normalized spacial score (nSPS) is 18.3. The van der Waals surface area contributed by atoms with Gasteiger partial charge in [0.2, 0.25) is 0 Å². The van der Waals surface area contributed by atoms with E-state index in [2.05, 4.69) is 10.3 Å². The molecule has 0 radical (unpaired) electrons. The number of aromatic nitrogens is 3. The molecule has 2 unspecified atom stereocenters. The third kappa shape index (κ3) is 3.56. The maximum absolute atomic E-state index is 13.4. The highest BCUT2D eigenvalue weighted by atomic mass is 35.5. The number of esters is 1. The fraction of sp³-hybridized carbons (Fsp3) is 0.294. The van der Waals surface area contributed by atoms with Gasteiger partial charge < -0.3 is 21.1 Å². The number of hydrogen-bond donors (Lipinski definition) is 2. The quantitative estimate of drug-likeness (QED) is 0.615. The first kappa shape index (κ1) is 21.2. The number of amides is 3. The molecule has 158 valence electrons. The highest BCUT2D eigenvalue weighted by molar-refractivity contribution is 6.31. The number of ether oxygens (including phenoxy) is 1. The second kappa shape index (κ2) is 8.06. The highest BCUT2D eigenvalue weighted by Crippen LogP contribution is 2.32. The molecule has 1 aromatic heterocycles. The van der Waals surface area contributed by atoms with E-state index in [1.54, 1.807) is 0 Å². The first-order chi connectivity index (χ1) is 14.2. The molecule has 0 bridgehead atoms. The zero-order valence-corrected chi connectivity index (χ0v) is 16.3. The Kier molecular flexibility index (Phi) is 5.69. The summed E-state index contributed by atoms with van der Waals surface area (Å²) in [6.45, 7) is 0.0578. The Hall–Kier alpha value is -3.54. The predicted octanol–water partition coefficient (Wildman–Crippen LogP) is -0.103. The summed E-state index contributed by atoms with van der Waals surface area (Å²) in [6.07, 6.45) is 0.155. The summed E-state index contributed by atoms with van der Waals surface area (Å²) in [7, 11) is 1.13. The maximum Gasteiger partial charge on any atom is 0.330 e. The molecule has 1 saturated heterocycles. The average molecular weight is 439 g/mol. The molecule has 13 heteroatoms. The number of rotatable bonds is 5. The van der Waals surface area contributed by atoms with Crippen molar-refractivity contribution in [1.82, 2.24) is 19.9 Å². The summed E-state index contributed by atoms with van der Waals surface area (Å²) < 4.78 is 19.2. The van der Waals surface area contributed by atoms with Crippen molar-refractivity contribution in [3.05, 3.63) is 46.0 Å². The first-order valence-electron chi connectivity index (χ1n) is 8.56. The number of primary amides is 2. The van der Waals surface area contributed by atoms with Crippen molar-refractivity contribution in [3.63, 3.8) is 0 Å². The molecule has 30 heavy (non-hydrogen) atoms. The van der Waals surface area contributed by atoms with Crippen LogP contribution >= 0.6 is 11.6 Å². The van der Waals surface area contributed by atoms with Gasteiger partial charge in [-0.1, -0.05) is 16.8 Å². The summed E-state index contributed by atoms with van der Waals surface area (Å²) in [6, 6.07) is 1.24. The Labute approximate surface area is 173 Å². The van der Waals surface area contributed by atoms with Crippen molar-refractivity contribution in [2.24, 2.45) is 11.5 Å². The molecule has 3 amide bonds. The Bertz CT molecular complexity index is 1060. The van der Waals surface area contributed by atoms with E-state index in [0.29, 0.717) is 0 Å². The van der Waals surface area contributed by atoms with E-state index in [1.165, 1.54) is 11.0 Å². The number of carbonyl (C=O) groups is 4. The Morgan fingerprint density at radius 3 is 2.50 bits per heavy atom. The number of halogens is 2. The van der Waals surface area contributed by atoms with Gasteiger partial charge >= 0.3 is 5.97 Å². The van der Waals surface area contributed by atoms with Crippen LogP contribution in [0.5, 0.6) is 0 Å². The molecule has 4 N–H and O–H groups in total. The maximum atomic E-state index is 13.4. The standard InChI is InChI=1S/C17H16ClFN6O5/c1-30-17(29)12-10(25-13(15(21)27)11(14(20)26)22-23-25)4-5-24(12)16(28)7-2-3-9(19)8(18)6-7/h2-3,6,10,12H,4-5H2,1H3,(H2,20,26)(H2,21,27). The van der Waals surface area contributed by atoms with E-state index in [9.17, 15) is 23.6 Å². The molecule has 2 heterocycles. The van der Waals surface area contributed by atoms with Crippen LogP contribution in [0.1, 0.15) is 43.8 Å². The van der Waals surface area contributed by atoms with Gasteiger partial charge in [0.05, 0.1) is 18.2 Å². The van der Waals surface area contributed by atoms with Crippen molar-refractivity contribution in [2.45, 2.75) is 18.5 Å². The third-order valence-electron chi connectivity index (χ3n) is 4.71. The minimum atomic E-state index is -1.23. The van der Waals surface area contributed by atoms with E-state index in [0.717, 1.165) is 23.9 Å². The molecule has 0 saturated carbocycles. The van der Waals surface area contributed by atoms with Crippen LogP contribution < -0.4 is 11.5 Å². The smallest absolute Gasteiger partial charge is 0.330 e. The molecule has 3 rings (SSSR count). The Balaban J connectivity index is 2.03. The molecule has 1 fully saturated rings. The summed E-state index contributed by atoms with van der Waals surface area (Å²) >= 11 is 5.75.